The number of hydrogen-bond donors (Lipinski definition) is 2. The van der Waals surface area contributed by atoms with Crippen LogP contribution in [0.25, 0.3) is 0 Å². The molecule has 20 heavy (non-hydrogen) atoms. The lowest BCUT2D eigenvalue weighted by atomic mass is 10.2. The molecule has 1 atom stereocenters. The summed E-state index contributed by atoms with van der Waals surface area (Å²) in [5, 5.41) is 3.00. The molecular formula is C14H18N2O3S. The molecule has 0 aliphatic heterocycles. The van der Waals surface area contributed by atoms with E-state index in [0.29, 0.717) is 12.3 Å². The fourth-order valence-electron chi connectivity index (χ4n) is 1.92. The minimum Gasteiger partial charge on any atom is -0.468 e. The van der Waals surface area contributed by atoms with Crippen molar-refractivity contribution in [2.24, 2.45) is 0 Å². The molecule has 1 unspecified atom stereocenters. The summed E-state index contributed by atoms with van der Waals surface area (Å²) in [6, 6.07) is 9.91. The largest absolute Gasteiger partial charge is 0.468 e. The molecule has 0 aliphatic rings. The Bertz CT molecular complexity index is 651. The summed E-state index contributed by atoms with van der Waals surface area (Å²) in [6.07, 6.45) is 1.52. The molecule has 0 saturated carbocycles. The monoisotopic (exact) mass is 294 g/mol. The van der Waals surface area contributed by atoms with E-state index < -0.39 is 16.1 Å². The Labute approximate surface area is 119 Å². The van der Waals surface area contributed by atoms with E-state index in [-0.39, 0.29) is 4.90 Å². The first-order valence-electron chi connectivity index (χ1n) is 6.32. The maximum absolute atomic E-state index is 12.3. The topological polar surface area (TPSA) is 71.3 Å². The van der Waals surface area contributed by atoms with Crippen molar-refractivity contribution in [1.29, 1.82) is 0 Å². The average molecular weight is 294 g/mol. The Balaban J connectivity index is 2.20. The third kappa shape index (κ3) is 3.47. The van der Waals surface area contributed by atoms with Crippen molar-refractivity contribution in [1.82, 2.24) is 10.0 Å². The van der Waals surface area contributed by atoms with Gasteiger partial charge in [-0.15, -0.1) is 0 Å². The molecule has 2 aromatic rings. The van der Waals surface area contributed by atoms with Crippen molar-refractivity contribution in [3.05, 3.63) is 54.0 Å². The highest BCUT2D eigenvalue weighted by Crippen LogP contribution is 2.18. The summed E-state index contributed by atoms with van der Waals surface area (Å²) in [5.74, 6) is 0.583. The lowest BCUT2D eigenvalue weighted by molar-refractivity contribution is 0.459. The zero-order valence-electron chi connectivity index (χ0n) is 11.5. The molecule has 0 amide bonds. The molecule has 0 spiro atoms. The Kier molecular flexibility index (Phi) is 4.59. The Morgan fingerprint density at radius 3 is 2.70 bits per heavy atom. The van der Waals surface area contributed by atoms with Gasteiger partial charge in [-0.1, -0.05) is 12.1 Å². The van der Waals surface area contributed by atoms with Gasteiger partial charge in [0.2, 0.25) is 10.0 Å². The summed E-state index contributed by atoms with van der Waals surface area (Å²) in [5.41, 5.74) is 0.918. The number of sulfonamides is 1. The lowest BCUT2D eigenvalue weighted by Gasteiger charge is -2.12. The molecule has 108 valence electrons. The minimum absolute atomic E-state index is 0.253. The SMILES string of the molecule is CNCc1cccc(S(=O)(=O)NC(C)c2ccco2)c1. The number of benzene rings is 1. The van der Waals surface area contributed by atoms with Gasteiger partial charge in [-0.25, -0.2) is 13.1 Å². The molecule has 0 bridgehead atoms. The molecule has 1 aromatic carbocycles. The highest BCUT2D eigenvalue weighted by molar-refractivity contribution is 7.89. The predicted molar refractivity (Wildman–Crippen MR) is 76.7 cm³/mol. The third-order valence-electron chi connectivity index (χ3n) is 2.89. The quantitative estimate of drug-likeness (QED) is 0.855. The van der Waals surface area contributed by atoms with Crippen LogP contribution in [0.3, 0.4) is 0 Å². The van der Waals surface area contributed by atoms with Gasteiger partial charge in [0.05, 0.1) is 17.2 Å². The second-order valence-corrected chi connectivity index (χ2v) is 6.25. The van der Waals surface area contributed by atoms with Gasteiger partial charge in [0, 0.05) is 6.54 Å². The molecule has 2 rings (SSSR count). The van der Waals surface area contributed by atoms with Crippen LogP contribution in [0.1, 0.15) is 24.3 Å². The van der Waals surface area contributed by atoms with E-state index >= 15 is 0 Å². The Hall–Kier alpha value is -1.63. The third-order valence-corrected chi connectivity index (χ3v) is 4.43. The zero-order chi connectivity index (χ0) is 14.6. The van der Waals surface area contributed by atoms with Gasteiger partial charge in [0.25, 0.3) is 0 Å². The summed E-state index contributed by atoms with van der Waals surface area (Å²) in [4.78, 5) is 0.253. The number of furan rings is 1. The first kappa shape index (κ1) is 14.8. The fourth-order valence-corrected chi connectivity index (χ4v) is 3.21. The predicted octanol–water partition coefficient (Wildman–Crippen LogP) is 2.04. The van der Waals surface area contributed by atoms with Crippen LogP contribution in [0.5, 0.6) is 0 Å². The van der Waals surface area contributed by atoms with Gasteiger partial charge in [-0.3, -0.25) is 0 Å². The van der Waals surface area contributed by atoms with E-state index in [1.54, 1.807) is 37.3 Å². The first-order chi connectivity index (χ1) is 9.53. The van der Waals surface area contributed by atoms with Gasteiger partial charge in [-0.2, -0.15) is 0 Å². The molecule has 5 nitrogen and oxygen atoms in total. The van der Waals surface area contributed by atoms with Gasteiger partial charge in [0.1, 0.15) is 5.76 Å². The number of nitrogens with one attached hydrogen (secondary N) is 2. The van der Waals surface area contributed by atoms with E-state index in [2.05, 4.69) is 10.0 Å². The van der Waals surface area contributed by atoms with Crippen LogP contribution >= 0.6 is 0 Å². The smallest absolute Gasteiger partial charge is 0.241 e. The minimum atomic E-state index is -3.56. The maximum Gasteiger partial charge on any atom is 0.241 e. The summed E-state index contributed by atoms with van der Waals surface area (Å²) in [7, 11) is -1.75. The van der Waals surface area contributed by atoms with Gasteiger partial charge < -0.3 is 9.73 Å². The van der Waals surface area contributed by atoms with Crippen molar-refractivity contribution in [2.75, 3.05) is 7.05 Å². The standard InChI is InChI=1S/C14H18N2O3S/c1-11(14-7-4-8-19-14)16-20(17,18)13-6-3-5-12(9-13)10-15-2/h3-9,11,15-16H,10H2,1-2H3. The number of hydrogen-bond acceptors (Lipinski definition) is 4. The normalized spacial score (nSPS) is 13.3. The Morgan fingerprint density at radius 1 is 1.25 bits per heavy atom. The van der Waals surface area contributed by atoms with Crippen LogP contribution in [0.15, 0.2) is 52.0 Å². The second kappa shape index (κ2) is 6.21. The van der Waals surface area contributed by atoms with E-state index in [4.69, 9.17) is 4.42 Å². The average Bonchev–Trinajstić information content (AvgIpc) is 2.93. The molecule has 0 aliphatic carbocycles. The molecule has 1 heterocycles. The van der Waals surface area contributed by atoms with Crippen molar-refractivity contribution < 1.29 is 12.8 Å². The number of rotatable bonds is 6. The molecule has 0 saturated heterocycles. The molecule has 2 N–H and O–H groups in total. The summed E-state index contributed by atoms with van der Waals surface area (Å²) in [6.45, 7) is 2.37. The van der Waals surface area contributed by atoms with Gasteiger partial charge in [-0.05, 0) is 43.8 Å². The van der Waals surface area contributed by atoms with E-state index in [0.717, 1.165) is 5.56 Å². The summed E-state index contributed by atoms with van der Waals surface area (Å²) >= 11 is 0. The van der Waals surface area contributed by atoms with Crippen molar-refractivity contribution in [2.45, 2.75) is 24.4 Å². The van der Waals surface area contributed by atoms with Crippen LogP contribution in [0.2, 0.25) is 0 Å². The van der Waals surface area contributed by atoms with Crippen LogP contribution in [-0.4, -0.2) is 15.5 Å². The first-order valence-corrected chi connectivity index (χ1v) is 7.80. The van der Waals surface area contributed by atoms with Gasteiger partial charge >= 0.3 is 0 Å². The lowest BCUT2D eigenvalue weighted by Crippen LogP contribution is -2.26. The molecule has 6 heteroatoms. The maximum atomic E-state index is 12.3. The van der Waals surface area contributed by atoms with Crippen LogP contribution in [0, 0.1) is 0 Å². The highest BCUT2D eigenvalue weighted by Gasteiger charge is 2.19. The Morgan fingerprint density at radius 2 is 2.05 bits per heavy atom. The second-order valence-electron chi connectivity index (χ2n) is 4.54. The van der Waals surface area contributed by atoms with Crippen molar-refractivity contribution in [3.63, 3.8) is 0 Å². The highest BCUT2D eigenvalue weighted by atomic mass is 32.2. The molecule has 0 radical (unpaired) electrons. The molecule has 1 aromatic heterocycles. The summed E-state index contributed by atoms with van der Waals surface area (Å²) < 4.78 is 32.4. The van der Waals surface area contributed by atoms with E-state index in [1.165, 1.54) is 6.26 Å². The zero-order valence-corrected chi connectivity index (χ0v) is 12.3. The fraction of sp³-hybridized carbons (Fsp3) is 0.286. The van der Waals surface area contributed by atoms with Crippen molar-refractivity contribution in [3.8, 4) is 0 Å². The van der Waals surface area contributed by atoms with Crippen molar-refractivity contribution >= 4 is 10.0 Å². The van der Waals surface area contributed by atoms with Crippen LogP contribution < -0.4 is 10.0 Å². The van der Waals surface area contributed by atoms with Crippen LogP contribution in [0.4, 0.5) is 0 Å². The molecule has 0 fully saturated rings. The van der Waals surface area contributed by atoms with Gasteiger partial charge in [0.15, 0.2) is 0 Å². The van der Waals surface area contributed by atoms with Crippen LogP contribution in [-0.2, 0) is 16.6 Å². The van der Waals surface area contributed by atoms with E-state index in [1.807, 2.05) is 13.1 Å². The molecular weight excluding hydrogens is 276 g/mol. The van der Waals surface area contributed by atoms with E-state index in [9.17, 15) is 8.42 Å².